The molecule has 0 unspecified atom stereocenters. The lowest BCUT2D eigenvalue weighted by Crippen LogP contribution is -2.33. The average molecular weight is 391 g/mol. The summed E-state index contributed by atoms with van der Waals surface area (Å²) in [7, 11) is -1.53. The van der Waals surface area contributed by atoms with E-state index in [1.807, 2.05) is 31.2 Å². The van der Waals surface area contributed by atoms with Gasteiger partial charge >= 0.3 is 0 Å². The van der Waals surface area contributed by atoms with Crippen molar-refractivity contribution in [2.45, 2.75) is 70.0 Å². The number of aryl methyl sites for hydroxylation is 2. The summed E-state index contributed by atoms with van der Waals surface area (Å²) in [6.45, 7) is 5.03. The molecule has 0 aliphatic heterocycles. The number of benzene rings is 1. The maximum atomic E-state index is 12.9. The van der Waals surface area contributed by atoms with Gasteiger partial charge in [0, 0.05) is 25.3 Å². The van der Waals surface area contributed by atoms with Gasteiger partial charge in [0.25, 0.3) is 10.0 Å². The Hall–Kier alpha value is -1.86. The fourth-order valence-corrected chi connectivity index (χ4v) is 5.09. The molecule has 0 spiro atoms. The summed E-state index contributed by atoms with van der Waals surface area (Å²) < 4.78 is 30.3. The highest BCUT2D eigenvalue weighted by Gasteiger charge is 2.23. The van der Waals surface area contributed by atoms with Gasteiger partial charge in [0.15, 0.2) is 0 Å². The zero-order chi connectivity index (χ0) is 19.4. The highest BCUT2D eigenvalue weighted by atomic mass is 32.2. The minimum atomic E-state index is -3.67. The Kier molecular flexibility index (Phi) is 6.22. The molecule has 0 saturated heterocycles. The van der Waals surface area contributed by atoms with Gasteiger partial charge in [0.2, 0.25) is 0 Å². The van der Waals surface area contributed by atoms with E-state index in [-0.39, 0.29) is 4.90 Å². The van der Waals surface area contributed by atoms with Crippen molar-refractivity contribution < 1.29 is 8.42 Å². The van der Waals surface area contributed by atoms with Gasteiger partial charge in [-0.15, -0.1) is 0 Å². The predicted molar refractivity (Wildman–Crippen MR) is 108 cm³/mol. The Morgan fingerprint density at radius 3 is 2.59 bits per heavy atom. The van der Waals surface area contributed by atoms with Crippen LogP contribution in [-0.4, -0.2) is 36.2 Å². The smallest absolute Gasteiger partial charge is 0.265 e. The molecule has 7 heteroatoms. The van der Waals surface area contributed by atoms with Crippen molar-refractivity contribution in [1.82, 2.24) is 14.7 Å². The largest absolute Gasteiger partial charge is 0.299 e. The fourth-order valence-electron chi connectivity index (χ4n) is 3.80. The third-order valence-corrected chi connectivity index (χ3v) is 6.86. The topological polar surface area (TPSA) is 67.2 Å². The van der Waals surface area contributed by atoms with Crippen LogP contribution in [0.3, 0.4) is 0 Å². The number of nitrogens with one attached hydrogen (secondary N) is 1. The minimum Gasteiger partial charge on any atom is -0.299 e. The van der Waals surface area contributed by atoms with Crippen molar-refractivity contribution in [1.29, 1.82) is 0 Å². The summed E-state index contributed by atoms with van der Waals surface area (Å²) in [6, 6.07) is 8.24. The molecule has 1 aliphatic rings. The Balaban J connectivity index is 1.79. The first-order chi connectivity index (χ1) is 12.9. The van der Waals surface area contributed by atoms with Crippen LogP contribution < -0.4 is 4.72 Å². The number of hydrogen-bond donors (Lipinski definition) is 1. The molecule has 2 aromatic rings. The first-order valence-corrected chi connectivity index (χ1v) is 11.2. The average Bonchev–Trinajstić information content (AvgIpc) is 3.06. The zero-order valence-electron chi connectivity index (χ0n) is 16.5. The Bertz CT molecular complexity index is 870. The third-order valence-electron chi connectivity index (χ3n) is 5.39. The molecule has 1 heterocycles. The van der Waals surface area contributed by atoms with E-state index in [0.717, 1.165) is 12.1 Å². The summed E-state index contributed by atoms with van der Waals surface area (Å²) in [5.41, 5.74) is 2.15. The number of hydrogen-bond acceptors (Lipinski definition) is 4. The summed E-state index contributed by atoms with van der Waals surface area (Å²) in [5.74, 6) is 0. The van der Waals surface area contributed by atoms with Crippen LogP contribution in [0.4, 0.5) is 5.69 Å². The van der Waals surface area contributed by atoms with Gasteiger partial charge in [0.05, 0.1) is 11.4 Å². The van der Waals surface area contributed by atoms with E-state index in [0.29, 0.717) is 24.0 Å². The van der Waals surface area contributed by atoms with Gasteiger partial charge in [-0.3, -0.25) is 14.3 Å². The second kappa shape index (κ2) is 8.44. The van der Waals surface area contributed by atoms with E-state index in [1.54, 1.807) is 17.8 Å². The molecule has 0 amide bonds. The van der Waals surface area contributed by atoms with Crippen LogP contribution in [0.1, 0.15) is 50.3 Å². The molecule has 0 radical (unpaired) electrons. The van der Waals surface area contributed by atoms with E-state index in [9.17, 15) is 8.42 Å². The number of aromatic nitrogens is 2. The predicted octanol–water partition coefficient (Wildman–Crippen LogP) is 3.78. The molecule has 0 bridgehead atoms. The fraction of sp³-hybridized carbons (Fsp3) is 0.550. The highest BCUT2D eigenvalue weighted by molar-refractivity contribution is 7.92. The van der Waals surface area contributed by atoms with Gasteiger partial charge in [-0.1, -0.05) is 37.5 Å². The lowest BCUT2D eigenvalue weighted by Gasteiger charge is -2.31. The van der Waals surface area contributed by atoms with Gasteiger partial charge in [-0.25, -0.2) is 8.42 Å². The van der Waals surface area contributed by atoms with Crippen LogP contribution in [0.25, 0.3) is 0 Å². The molecule has 0 atom stereocenters. The van der Waals surface area contributed by atoms with Crippen molar-refractivity contribution in [2.75, 3.05) is 11.8 Å². The van der Waals surface area contributed by atoms with E-state index in [4.69, 9.17) is 0 Å². The van der Waals surface area contributed by atoms with Gasteiger partial charge in [-0.2, -0.15) is 5.10 Å². The molecule has 148 valence electrons. The quantitative estimate of drug-likeness (QED) is 0.781. The van der Waals surface area contributed by atoms with Crippen molar-refractivity contribution in [2.24, 2.45) is 0 Å². The summed E-state index contributed by atoms with van der Waals surface area (Å²) in [6.07, 6.45) is 7.92. The number of nitrogens with zero attached hydrogens (tertiary/aromatic N) is 3. The zero-order valence-corrected chi connectivity index (χ0v) is 17.3. The minimum absolute atomic E-state index is 0.236. The summed E-state index contributed by atoms with van der Waals surface area (Å²) in [5, 5.41) is 4.26. The number of rotatable bonds is 7. The number of para-hydroxylation sites is 1. The molecule has 1 aromatic heterocycles. The van der Waals surface area contributed by atoms with Crippen molar-refractivity contribution in [3.63, 3.8) is 0 Å². The highest BCUT2D eigenvalue weighted by Crippen LogP contribution is 2.26. The molecule has 1 fully saturated rings. The molecule has 27 heavy (non-hydrogen) atoms. The van der Waals surface area contributed by atoms with Crippen LogP contribution in [0.5, 0.6) is 0 Å². The molecule has 1 N–H and O–H groups in total. The van der Waals surface area contributed by atoms with E-state index in [2.05, 4.69) is 21.8 Å². The van der Waals surface area contributed by atoms with Crippen LogP contribution in [0.2, 0.25) is 0 Å². The van der Waals surface area contributed by atoms with E-state index < -0.39 is 10.0 Å². The van der Waals surface area contributed by atoms with E-state index in [1.165, 1.54) is 32.1 Å². The van der Waals surface area contributed by atoms with Gasteiger partial charge in [-0.05, 0) is 45.4 Å². The molecule has 1 aliphatic carbocycles. The van der Waals surface area contributed by atoms with E-state index >= 15 is 0 Å². The lowest BCUT2D eigenvalue weighted by atomic mass is 9.94. The SMILES string of the molecule is CCn1cc(S(=O)(=O)Nc2ccccc2CN(C)C2CCCCC2)c(C)n1. The lowest BCUT2D eigenvalue weighted by molar-refractivity contribution is 0.185. The summed E-state index contributed by atoms with van der Waals surface area (Å²) >= 11 is 0. The van der Waals surface area contributed by atoms with Crippen molar-refractivity contribution >= 4 is 15.7 Å². The van der Waals surface area contributed by atoms with Crippen LogP contribution in [-0.2, 0) is 23.1 Å². The van der Waals surface area contributed by atoms with Crippen LogP contribution >= 0.6 is 0 Å². The Morgan fingerprint density at radius 1 is 1.22 bits per heavy atom. The summed E-state index contributed by atoms with van der Waals surface area (Å²) in [4.78, 5) is 2.59. The van der Waals surface area contributed by atoms with Crippen molar-refractivity contribution in [3.8, 4) is 0 Å². The molecule has 1 aromatic carbocycles. The number of anilines is 1. The van der Waals surface area contributed by atoms with Crippen LogP contribution in [0.15, 0.2) is 35.4 Å². The Labute approximate surface area is 162 Å². The molecule has 6 nitrogen and oxygen atoms in total. The third kappa shape index (κ3) is 4.71. The maximum absolute atomic E-state index is 12.9. The van der Waals surface area contributed by atoms with Gasteiger partial charge < -0.3 is 0 Å². The Morgan fingerprint density at radius 2 is 1.93 bits per heavy atom. The second-order valence-corrected chi connectivity index (χ2v) is 9.05. The first kappa shape index (κ1) is 19.9. The maximum Gasteiger partial charge on any atom is 0.265 e. The second-order valence-electron chi connectivity index (χ2n) is 7.40. The first-order valence-electron chi connectivity index (χ1n) is 9.75. The monoisotopic (exact) mass is 390 g/mol. The molecule has 3 rings (SSSR count). The molecular weight excluding hydrogens is 360 g/mol. The standard InChI is InChI=1S/C20H30N4O2S/c1-4-24-15-20(16(2)21-24)27(25,26)22-19-13-9-8-10-17(19)14-23(3)18-11-6-5-7-12-18/h8-10,13,15,18,22H,4-7,11-12,14H2,1-3H3. The van der Waals surface area contributed by atoms with Crippen molar-refractivity contribution in [3.05, 3.63) is 41.7 Å². The van der Waals surface area contributed by atoms with Crippen LogP contribution in [0, 0.1) is 6.92 Å². The number of sulfonamides is 1. The van der Waals surface area contributed by atoms with Gasteiger partial charge in [0.1, 0.15) is 4.90 Å². The normalized spacial score (nSPS) is 16.0. The molecule has 1 saturated carbocycles. The molecular formula is C20H30N4O2S.